The predicted octanol–water partition coefficient (Wildman–Crippen LogP) is 1.18. The Hall–Kier alpha value is -1.73. The van der Waals surface area contributed by atoms with Gasteiger partial charge in [0.25, 0.3) is 0 Å². The molecule has 0 bridgehead atoms. The quantitative estimate of drug-likeness (QED) is 0.861. The van der Waals surface area contributed by atoms with Crippen LogP contribution in [0.25, 0.3) is 11.0 Å². The molecule has 7 nitrogen and oxygen atoms in total. The first-order valence-corrected chi connectivity index (χ1v) is 8.46. The number of hydrogen-bond donors (Lipinski definition) is 2. The van der Waals surface area contributed by atoms with Crippen molar-refractivity contribution in [3.63, 3.8) is 0 Å². The number of aromatic nitrogens is 4. The van der Waals surface area contributed by atoms with Gasteiger partial charge in [-0.05, 0) is 32.9 Å². The molecule has 1 aliphatic heterocycles. The summed E-state index contributed by atoms with van der Waals surface area (Å²) in [6.45, 7) is 10.5. The van der Waals surface area contributed by atoms with Crippen LogP contribution >= 0.6 is 0 Å². The first kappa shape index (κ1) is 16.1. The number of anilines is 1. The zero-order chi connectivity index (χ0) is 16.4. The van der Waals surface area contributed by atoms with E-state index in [1.807, 2.05) is 11.6 Å². The van der Waals surface area contributed by atoms with Crippen molar-refractivity contribution in [2.45, 2.75) is 52.2 Å². The molecule has 1 fully saturated rings. The van der Waals surface area contributed by atoms with Crippen LogP contribution in [0, 0.1) is 6.92 Å². The van der Waals surface area contributed by atoms with Crippen LogP contribution in [0.3, 0.4) is 0 Å². The molecule has 0 saturated carbocycles. The Labute approximate surface area is 137 Å². The normalized spacial score (nSPS) is 17.4. The maximum Gasteiger partial charge on any atom is 0.163 e. The number of likely N-dealkylation sites (tertiary alicyclic amines) is 1. The third kappa shape index (κ3) is 3.61. The molecule has 0 amide bonds. The number of hydrogen-bond acceptors (Lipinski definition) is 6. The maximum atomic E-state index is 5.94. The number of aryl methyl sites for hydroxylation is 1. The van der Waals surface area contributed by atoms with Gasteiger partial charge in [0, 0.05) is 18.6 Å². The highest BCUT2D eigenvalue weighted by atomic mass is 15.3. The molecular formula is C16H27N7. The molecule has 23 heavy (non-hydrogen) atoms. The number of nitrogens with one attached hydrogen (secondary N) is 1. The second-order valence-electron chi connectivity index (χ2n) is 6.70. The summed E-state index contributed by atoms with van der Waals surface area (Å²) in [5, 5.41) is 9.10. The monoisotopic (exact) mass is 317 g/mol. The molecule has 126 valence electrons. The summed E-state index contributed by atoms with van der Waals surface area (Å²) in [6.07, 6.45) is 3.94. The molecule has 1 aliphatic rings. The van der Waals surface area contributed by atoms with Crippen molar-refractivity contribution in [1.82, 2.24) is 30.0 Å². The van der Waals surface area contributed by atoms with Crippen molar-refractivity contribution < 1.29 is 0 Å². The van der Waals surface area contributed by atoms with Crippen LogP contribution in [0.5, 0.6) is 0 Å². The zero-order valence-electron chi connectivity index (χ0n) is 14.3. The van der Waals surface area contributed by atoms with Gasteiger partial charge in [-0.1, -0.05) is 13.8 Å². The molecule has 3 heterocycles. The van der Waals surface area contributed by atoms with Crippen molar-refractivity contribution in [1.29, 1.82) is 0 Å². The van der Waals surface area contributed by atoms with E-state index in [9.17, 15) is 0 Å². The molecule has 2 aromatic heterocycles. The van der Waals surface area contributed by atoms with Gasteiger partial charge in [0.1, 0.15) is 12.1 Å². The van der Waals surface area contributed by atoms with Crippen LogP contribution in [0.4, 0.5) is 5.82 Å². The minimum Gasteiger partial charge on any atom is -0.383 e. The lowest BCUT2D eigenvalue weighted by Crippen LogP contribution is -2.45. The molecular weight excluding hydrogens is 290 g/mol. The van der Waals surface area contributed by atoms with E-state index in [-0.39, 0.29) is 0 Å². The molecule has 7 heteroatoms. The molecule has 0 atom stereocenters. The zero-order valence-corrected chi connectivity index (χ0v) is 14.3. The van der Waals surface area contributed by atoms with Crippen molar-refractivity contribution in [2.75, 3.05) is 25.4 Å². The Morgan fingerprint density at radius 2 is 2.00 bits per heavy atom. The summed E-state index contributed by atoms with van der Waals surface area (Å²) in [6, 6.07) is 1.22. The SMILES string of the molecule is Cc1nn(CCN2CCC(NC(C)C)CC2)c2ncnc(N)c12. The number of rotatable bonds is 5. The van der Waals surface area contributed by atoms with Crippen LogP contribution in [0.1, 0.15) is 32.4 Å². The Morgan fingerprint density at radius 1 is 1.26 bits per heavy atom. The first-order chi connectivity index (χ1) is 11.0. The van der Waals surface area contributed by atoms with Crippen LogP contribution in [-0.2, 0) is 6.54 Å². The van der Waals surface area contributed by atoms with Crippen molar-refractivity contribution >= 4 is 16.9 Å². The molecule has 0 radical (unpaired) electrons. The second-order valence-corrected chi connectivity index (χ2v) is 6.70. The summed E-state index contributed by atoms with van der Waals surface area (Å²) in [7, 11) is 0. The van der Waals surface area contributed by atoms with E-state index >= 15 is 0 Å². The van der Waals surface area contributed by atoms with Gasteiger partial charge in [0.2, 0.25) is 0 Å². The van der Waals surface area contributed by atoms with Gasteiger partial charge in [0.15, 0.2) is 5.65 Å². The largest absolute Gasteiger partial charge is 0.383 e. The highest BCUT2D eigenvalue weighted by Gasteiger charge is 2.20. The number of piperidine rings is 1. The standard InChI is InChI=1S/C16H27N7/c1-11(2)20-13-4-6-22(7-5-13)8-9-23-16-14(12(3)21-23)15(17)18-10-19-16/h10-11,13,20H,4-9H2,1-3H3,(H2,17,18,19). The number of nitrogens with two attached hydrogens (primary N) is 1. The average molecular weight is 317 g/mol. The third-order valence-corrected chi connectivity index (χ3v) is 4.52. The Bertz CT molecular complexity index is 656. The summed E-state index contributed by atoms with van der Waals surface area (Å²) in [4.78, 5) is 10.9. The molecule has 0 aliphatic carbocycles. The maximum absolute atomic E-state index is 5.94. The molecule has 1 saturated heterocycles. The third-order valence-electron chi connectivity index (χ3n) is 4.52. The number of fused-ring (bicyclic) bond motifs is 1. The lowest BCUT2D eigenvalue weighted by atomic mass is 10.0. The van der Waals surface area contributed by atoms with E-state index in [2.05, 4.69) is 39.1 Å². The molecule has 0 aromatic carbocycles. The van der Waals surface area contributed by atoms with Gasteiger partial charge in [-0.3, -0.25) is 0 Å². The van der Waals surface area contributed by atoms with Crippen molar-refractivity contribution in [2.24, 2.45) is 0 Å². The molecule has 0 unspecified atom stereocenters. The molecule has 3 rings (SSSR count). The highest BCUT2D eigenvalue weighted by Crippen LogP contribution is 2.20. The lowest BCUT2D eigenvalue weighted by molar-refractivity contribution is 0.186. The Balaban J connectivity index is 1.59. The predicted molar refractivity (Wildman–Crippen MR) is 92.2 cm³/mol. The van der Waals surface area contributed by atoms with Crippen LogP contribution in [0.2, 0.25) is 0 Å². The minimum absolute atomic E-state index is 0.513. The van der Waals surface area contributed by atoms with Crippen LogP contribution < -0.4 is 11.1 Å². The fourth-order valence-corrected chi connectivity index (χ4v) is 3.40. The summed E-state index contributed by atoms with van der Waals surface area (Å²) < 4.78 is 1.96. The van der Waals surface area contributed by atoms with Crippen molar-refractivity contribution in [3.05, 3.63) is 12.0 Å². The van der Waals surface area contributed by atoms with E-state index in [4.69, 9.17) is 5.73 Å². The van der Waals surface area contributed by atoms with Crippen LogP contribution in [-0.4, -0.2) is 56.4 Å². The van der Waals surface area contributed by atoms with Gasteiger partial charge < -0.3 is 16.0 Å². The molecule has 3 N–H and O–H groups in total. The van der Waals surface area contributed by atoms with Crippen LogP contribution in [0.15, 0.2) is 6.33 Å². The summed E-state index contributed by atoms with van der Waals surface area (Å²) in [5.41, 5.74) is 7.68. The van der Waals surface area contributed by atoms with Gasteiger partial charge in [-0.25, -0.2) is 14.6 Å². The van der Waals surface area contributed by atoms with Gasteiger partial charge in [-0.15, -0.1) is 0 Å². The van der Waals surface area contributed by atoms with E-state index in [0.717, 1.165) is 42.9 Å². The first-order valence-electron chi connectivity index (χ1n) is 8.46. The minimum atomic E-state index is 0.513. The van der Waals surface area contributed by atoms with Crippen molar-refractivity contribution in [3.8, 4) is 0 Å². The second kappa shape index (κ2) is 6.80. The highest BCUT2D eigenvalue weighted by molar-refractivity contribution is 5.87. The Morgan fingerprint density at radius 3 is 2.70 bits per heavy atom. The molecule has 0 spiro atoms. The lowest BCUT2D eigenvalue weighted by Gasteiger charge is -2.33. The van der Waals surface area contributed by atoms with E-state index in [1.54, 1.807) is 0 Å². The van der Waals surface area contributed by atoms with E-state index in [1.165, 1.54) is 19.2 Å². The number of nitrogens with zero attached hydrogens (tertiary/aromatic N) is 5. The summed E-state index contributed by atoms with van der Waals surface area (Å²) >= 11 is 0. The average Bonchev–Trinajstić information content (AvgIpc) is 2.84. The van der Waals surface area contributed by atoms with E-state index in [0.29, 0.717) is 17.9 Å². The fraction of sp³-hybridized carbons (Fsp3) is 0.688. The fourth-order valence-electron chi connectivity index (χ4n) is 3.40. The smallest absolute Gasteiger partial charge is 0.163 e. The number of nitrogen functional groups attached to an aromatic ring is 1. The summed E-state index contributed by atoms with van der Waals surface area (Å²) in [5.74, 6) is 0.513. The van der Waals surface area contributed by atoms with Gasteiger partial charge in [0.05, 0.1) is 17.6 Å². The van der Waals surface area contributed by atoms with Gasteiger partial charge in [-0.2, -0.15) is 5.10 Å². The topological polar surface area (TPSA) is 84.9 Å². The van der Waals surface area contributed by atoms with Gasteiger partial charge >= 0.3 is 0 Å². The van der Waals surface area contributed by atoms with E-state index < -0.39 is 0 Å². The Kier molecular flexibility index (Phi) is 4.77. The molecule has 2 aromatic rings.